The molecular formula is C21H18NO+. The van der Waals surface area contributed by atoms with E-state index in [0.717, 1.165) is 18.0 Å². The van der Waals surface area contributed by atoms with Gasteiger partial charge in [0.25, 0.3) is 0 Å². The van der Waals surface area contributed by atoms with E-state index in [9.17, 15) is 0 Å². The summed E-state index contributed by atoms with van der Waals surface area (Å²) in [5, 5.41) is 0. The average Bonchev–Trinajstić information content (AvgIpc) is 2.79. The van der Waals surface area contributed by atoms with E-state index in [1.54, 1.807) is 7.11 Å². The van der Waals surface area contributed by atoms with Crippen LogP contribution in [-0.4, -0.2) is 17.9 Å². The van der Waals surface area contributed by atoms with Gasteiger partial charge in [0, 0.05) is 23.3 Å². The largest absolute Gasteiger partial charge is 0.497 e. The van der Waals surface area contributed by atoms with Crippen molar-refractivity contribution in [2.45, 2.75) is 6.54 Å². The molecule has 4 rings (SSSR count). The van der Waals surface area contributed by atoms with Crippen LogP contribution in [0, 0.1) is 0 Å². The van der Waals surface area contributed by atoms with Crippen molar-refractivity contribution in [1.29, 1.82) is 0 Å². The highest BCUT2D eigenvalue weighted by Crippen LogP contribution is 2.31. The average molecular weight is 300 g/mol. The van der Waals surface area contributed by atoms with E-state index in [0.29, 0.717) is 0 Å². The van der Waals surface area contributed by atoms with Gasteiger partial charge in [-0.25, -0.2) is 0 Å². The minimum absolute atomic E-state index is 0.858. The standard InChI is InChI=1S/C21H18NO/c1-23-19-12-10-18(11-13-19)22-14-16-6-2-4-8-20(16)21-9-5-3-7-17(21)15-22/h2-14H,15H2,1H3/q+1. The van der Waals surface area contributed by atoms with Crippen LogP contribution in [0.5, 0.6) is 5.75 Å². The highest BCUT2D eigenvalue weighted by Gasteiger charge is 2.20. The lowest BCUT2D eigenvalue weighted by Gasteiger charge is -2.06. The second kappa shape index (κ2) is 5.73. The van der Waals surface area contributed by atoms with Gasteiger partial charge in [-0.15, -0.1) is 0 Å². The lowest BCUT2D eigenvalue weighted by Crippen LogP contribution is -2.06. The number of methoxy groups -OCH3 is 1. The number of fused-ring (bicyclic) bond motifs is 3. The first kappa shape index (κ1) is 13.8. The van der Waals surface area contributed by atoms with Crippen LogP contribution in [0.2, 0.25) is 0 Å². The van der Waals surface area contributed by atoms with Gasteiger partial charge in [0.05, 0.1) is 7.11 Å². The smallest absolute Gasteiger partial charge is 0.205 e. The van der Waals surface area contributed by atoms with Crippen LogP contribution in [0.25, 0.3) is 11.1 Å². The molecule has 0 atom stereocenters. The zero-order valence-electron chi connectivity index (χ0n) is 13.1. The van der Waals surface area contributed by atoms with Gasteiger partial charge in [0.15, 0.2) is 12.8 Å². The second-order valence-corrected chi connectivity index (χ2v) is 5.70. The predicted octanol–water partition coefficient (Wildman–Crippen LogP) is 4.64. The molecule has 0 saturated heterocycles. The Kier molecular flexibility index (Phi) is 3.43. The first-order valence-electron chi connectivity index (χ1n) is 7.78. The molecule has 0 aromatic heterocycles. The molecule has 1 heterocycles. The van der Waals surface area contributed by atoms with E-state index < -0.39 is 0 Å². The number of rotatable bonds is 2. The van der Waals surface area contributed by atoms with Crippen molar-refractivity contribution in [3.05, 3.63) is 83.9 Å². The van der Waals surface area contributed by atoms with Crippen LogP contribution < -0.4 is 4.74 Å². The van der Waals surface area contributed by atoms with Gasteiger partial charge < -0.3 is 4.74 Å². The Morgan fingerprint density at radius 2 is 1.48 bits per heavy atom. The van der Waals surface area contributed by atoms with Gasteiger partial charge in [-0.1, -0.05) is 42.5 Å². The summed E-state index contributed by atoms with van der Waals surface area (Å²) < 4.78 is 7.56. The first-order chi connectivity index (χ1) is 11.3. The Morgan fingerprint density at radius 3 is 2.26 bits per heavy atom. The Labute approximate surface area is 136 Å². The van der Waals surface area contributed by atoms with Gasteiger partial charge >= 0.3 is 0 Å². The molecule has 0 fully saturated rings. The Bertz CT molecular complexity index is 878. The summed E-state index contributed by atoms with van der Waals surface area (Å²) in [4.78, 5) is 0. The lowest BCUT2D eigenvalue weighted by atomic mass is 9.97. The predicted molar refractivity (Wildman–Crippen MR) is 93.7 cm³/mol. The Hall–Kier alpha value is -2.87. The Morgan fingerprint density at radius 1 is 0.783 bits per heavy atom. The van der Waals surface area contributed by atoms with Crippen molar-refractivity contribution in [2.24, 2.45) is 0 Å². The second-order valence-electron chi connectivity index (χ2n) is 5.70. The molecular weight excluding hydrogens is 282 g/mol. The van der Waals surface area contributed by atoms with Gasteiger partial charge in [0.1, 0.15) is 5.75 Å². The molecule has 1 aliphatic heterocycles. The number of hydrogen-bond donors (Lipinski definition) is 0. The third-order valence-electron chi connectivity index (χ3n) is 4.31. The Balaban J connectivity index is 1.88. The van der Waals surface area contributed by atoms with E-state index in [4.69, 9.17) is 4.74 Å². The van der Waals surface area contributed by atoms with Crippen molar-refractivity contribution < 1.29 is 9.31 Å². The molecule has 2 nitrogen and oxygen atoms in total. The van der Waals surface area contributed by atoms with Crippen LogP contribution in [0.15, 0.2) is 72.8 Å². The fourth-order valence-electron chi connectivity index (χ4n) is 3.11. The molecule has 1 aliphatic rings. The van der Waals surface area contributed by atoms with Crippen molar-refractivity contribution in [1.82, 2.24) is 0 Å². The summed E-state index contributed by atoms with van der Waals surface area (Å²) in [5.74, 6) is 0.879. The van der Waals surface area contributed by atoms with Crippen molar-refractivity contribution in [2.75, 3.05) is 7.11 Å². The summed E-state index contributed by atoms with van der Waals surface area (Å²) in [6.45, 7) is 0.858. The minimum Gasteiger partial charge on any atom is -0.497 e. The molecule has 0 spiro atoms. The van der Waals surface area contributed by atoms with E-state index in [-0.39, 0.29) is 0 Å². The van der Waals surface area contributed by atoms with E-state index in [1.807, 2.05) is 12.1 Å². The molecule has 23 heavy (non-hydrogen) atoms. The lowest BCUT2D eigenvalue weighted by molar-refractivity contribution is -0.452. The normalized spacial score (nSPS) is 12.7. The van der Waals surface area contributed by atoms with Crippen LogP contribution in [0.3, 0.4) is 0 Å². The van der Waals surface area contributed by atoms with E-state index >= 15 is 0 Å². The molecule has 3 aromatic carbocycles. The molecule has 0 N–H and O–H groups in total. The summed E-state index contributed by atoms with van der Waals surface area (Å²) in [6, 6.07) is 25.4. The zero-order valence-corrected chi connectivity index (χ0v) is 13.1. The van der Waals surface area contributed by atoms with E-state index in [2.05, 4.69) is 71.5 Å². The number of hydrogen-bond acceptors (Lipinski definition) is 1. The number of ether oxygens (including phenoxy) is 1. The molecule has 3 aromatic rings. The molecule has 112 valence electrons. The first-order valence-corrected chi connectivity index (χ1v) is 7.78. The van der Waals surface area contributed by atoms with Crippen molar-refractivity contribution in [3.63, 3.8) is 0 Å². The molecule has 0 bridgehead atoms. The van der Waals surface area contributed by atoms with Gasteiger partial charge in [0.2, 0.25) is 5.69 Å². The topological polar surface area (TPSA) is 12.2 Å². The quantitative estimate of drug-likeness (QED) is 0.628. The number of nitrogens with zero attached hydrogens (tertiary/aromatic N) is 1. The minimum atomic E-state index is 0.858. The maximum atomic E-state index is 5.26. The van der Waals surface area contributed by atoms with E-state index in [1.165, 1.54) is 22.3 Å². The third-order valence-corrected chi connectivity index (χ3v) is 4.31. The van der Waals surface area contributed by atoms with Crippen molar-refractivity contribution >= 4 is 11.9 Å². The highest BCUT2D eigenvalue weighted by molar-refractivity contribution is 5.90. The van der Waals surface area contributed by atoms with Crippen molar-refractivity contribution in [3.8, 4) is 16.9 Å². The van der Waals surface area contributed by atoms with Gasteiger partial charge in [-0.2, -0.15) is 4.58 Å². The molecule has 0 aliphatic carbocycles. The zero-order chi connectivity index (χ0) is 15.6. The van der Waals surface area contributed by atoms with Crippen LogP contribution in [-0.2, 0) is 6.54 Å². The summed E-state index contributed by atoms with van der Waals surface area (Å²) in [6.07, 6.45) is 2.23. The molecule has 0 amide bonds. The summed E-state index contributed by atoms with van der Waals surface area (Å²) in [7, 11) is 1.69. The molecule has 2 heteroatoms. The third kappa shape index (κ3) is 2.53. The van der Waals surface area contributed by atoms with Gasteiger partial charge in [-0.05, 0) is 29.3 Å². The van der Waals surface area contributed by atoms with Gasteiger partial charge in [-0.3, -0.25) is 0 Å². The summed E-state index contributed by atoms with van der Waals surface area (Å²) in [5.41, 5.74) is 6.35. The maximum absolute atomic E-state index is 5.26. The molecule has 0 unspecified atom stereocenters. The van der Waals surface area contributed by atoms with Crippen LogP contribution in [0.1, 0.15) is 11.1 Å². The highest BCUT2D eigenvalue weighted by atomic mass is 16.5. The van der Waals surface area contributed by atoms with Crippen LogP contribution >= 0.6 is 0 Å². The molecule has 0 radical (unpaired) electrons. The van der Waals surface area contributed by atoms with Crippen LogP contribution in [0.4, 0.5) is 5.69 Å². The summed E-state index contributed by atoms with van der Waals surface area (Å²) >= 11 is 0. The monoisotopic (exact) mass is 300 g/mol. The molecule has 0 saturated carbocycles. The SMILES string of the molecule is COc1ccc([N+]2=Cc3ccccc3-c3ccccc3C2)cc1. The maximum Gasteiger partial charge on any atom is 0.205 e. The fraction of sp³-hybridized carbons (Fsp3) is 0.0952. The fourth-order valence-corrected chi connectivity index (χ4v) is 3.11. The number of benzene rings is 3.